The van der Waals surface area contributed by atoms with Gasteiger partial charge >= 0.3 is 0 Å². The molecule has 3 rings (SSSR count). The fraction of sp³-hybridized carbons (Fsp3) is 0.625. The van der Waals surface area contributed by atoms with Crippen LogP contribution in [0, 0.1) is 0 Å². The van der Waals surface area contributed by atoms with E-state index in [1.54, 1.807) is 0 Å². The van der Waals surface area contributed by atoms with Crippen LogP contribution in [0.3, 0.4) is 0 Å². The molecule has 1 aromatic rings. The smallest absolute Gasteiger partial charge is 0.161 e. The molecule has 0 aliphatic carbocycles. The maximum absolute atomic E-state index is 5.76. The summed E-state index contributed by atoms with van der Waals surface area (Å²) >= 11 is 0. The molecule has 0 amide bonds. The third-order valence-corrected chi connectivity index (χ3v) is 3.87. The highest BCUT2D eigenvalue weighted by Crippen LogP contribution is 2.30. The van der Waals surface area contributed by atoms with Crippen LogP contribution in [0.25, 0.3) is 0 Å². The van der Waals surface area contributed by atoms with Gasteiger partial charge in [0, 0.05) is 32.6 Å². The molecule has 2 aliphatic rings. The number of nitrogens with one attached hydrogen (secondary N) is 1. The van der Waals surface area contributed by atoms with Crippen LogP contribution < -0.4 is 14.8 Å². The summed E-state index contributed by atoms with van der Waals surface area (Å²) in [5.41, 5.74) is 1.27. The Morgan fingerprint density at radius 3 is 2.90 bits per heavy atom. The second-order valence-corrected chi connectivity index (χ2v) is 5.62. The van der Waals surface area contributed by atoms with Crippen LogP contribution in [-0.2, 0) is 11.3 Å². The summed E-state index contributed by atoms with van der Waals surface area (Å²) in [5.74, 6) is 1.75. The van der Waals surface area contributed by atoms with Crippen LogP contribution in [0.1, 0.15) is 12.0 Å². The Kier molecular flexibility index (Phi) is 4.95. The zero-order valence-corrected chi connectivity index (χ0v) is 12.6. The molecule has 1 fully saturated rings. The van der Waals surface area contributed by atoms with E-state index < -0.39 is 0 Å². The largest absolute Gasteiger partial charge is 0.490 e. The predicted molar refractivity (Wildman–Crippen MR) is 81.0 cm³/mol. The third kappa shape index (κ3) is 3.87. The lowest BCUT2D eigenvalue weighted by Crippen LogP contribution is -2.45. The Bertz CT molecular complexity index is 465. The summed E-state index contributed by atoms with van der Waals surface area (Å²) < 4.78 is 17.2. The summed E-state index contributed by atoms with van der Waals surface area (Å²) in [6.45, 7) is 6.05. The van der Waals surface area contributed by atoms with E-state index in [1.165, 1.54) is 5.56 Å². The number of fused-ring (bicyclic) bond motifs is 1. The van der Waals surface area contributed by atoms with E-state index in [1.807, 2.05) is 13.1 Å². The second-order valence-electron chi connectivity index (χ2n) is 5.62. The normalized spacial score (nSPS) is 22.8. The van der Waals surface area contributed by atoms with Crippen LogP contribution in [-0.4, -0.2) is 57.5 Å². The van der Waals surface area contributed by atoms with Gasteiger partial charge < -0.3 is 19.5 Å². The fourth-order valence-corrected chi connectivity index (χ4v) is 2.84. The Morgan fingerprint density at radius 1 is 1.19 bits per heavy atom. The first kappa shape index (κ1) is 14.6. The van der Waals surface area contributed by atoms with Crippen LogP contribution in [0.4, 0.5) is 0 Å². The zero-order valence-electron chi connectivity index (χ0n) is 12.6. The van der Waals surface area contributed by atoms with Gasteiger partial charge in [0.1, 0.15) is 0 Å². The summed E-state index contributed by atoms with van der Waals surface area (Å²) in [7, 11) is 1.96. The molecule has 1 saturated heterocycles. The highest BCUT2D eigenvalue weighted by atomic mass is 16.5. The molecule has 116 valence electrons. The molecule has 2 heterocycles. The Morgan fingerprint density at radius 2 is 2.05 bits per heavy atom. The first-order chi connectivity index (χ1) is 10.3. The summed E-state index contributed by atoms with van der Waals surface area (Å²) in [5, 5.41) is 3.18. The summed E-state index contributed by atoms with van der Waals surface area (Å²) in [6, 6.07) is 6.28. The molecular formula is C16H24N2O3. The maximum atomic E-state index is 5.76. The van der Waals surface area contributed by atoms with Crippen molar-refractivity contribution in [2.45, 2.75) is 19.1 Å². The average molecular weight is 292 g/mol. The number of ether oxygens (including phenoxy) is 3. The fourth-order valence-electron chi connectivity index (χ4n) is 2.84. The molecule has 5 nitrogen and oxygen atoms in total. The number of morpholine rings is 1. The number of nitrogens with zero attached hydrogens (tertiary/aromatic N) is 1. The molecular weight excluding hydrogens is 268 g/mol. The number of hydrogen-bond donors (Lipinski definition) is 1. The van der Waals surface area contributed by atoms with Crippen molar-refractivity contribution in [1.82, 2.24) is 10.2 Å². The molecule has 1 atom stereocenters. The number of benzene rings is 1. The Hall–Kier alpha value is -1.30. The lowest BCUT2D eigenvalue weighted by Gasteiger charge is -2.33. The van der Waals surface area contributed by atoms with Gasteiger partial charge in [0.15, 0.2) is 11.5 Å². The van der Waals surface area contributed by atoms with Gasteiger partial charge in [-0.15, -0.1) is 0 Å². The second kappa shape index (κ2) is 7.11. The van der Waals surface area contributed by atoms with Crippen molar-refractivity contribution in [2.24, 2.45) is 0 Å². The minimum atomic E-state index is 0.282. The van der Waals surface area contributed by atoms with E-state index in [-0.39, 0.29) is 6.10 Å². The molecule has 21 heavy (non-hydrogen) atoms. The van der Waals surface area contributed by atoms with Gasteiger partial charge in [-0.1, -0.05) is 6.07 Å². The molecule has 1 aromatic carbocycles. The van der Waals surface area contributed by atoms with E-state index >= 15 is 0 Å². The van der Waals surface area contributed by atoms with Crippen molar-refractivity contribution < 1.29 is 14.2 Å². The van der Waals surface area contributed by atoms with Gasteiger partial charge in [-0.2, -0.15) is 0 Å². The highest BCUT2D eigenvalue weighted by molar-refractivity contribution is 5.43. The maximum Gasteiger partial charge on any atom is 0.161 e. The average Bonchev–Trinajstić information content (AvgIpc) is 2.73. The molecule has 0 radical (unpaired) electrons. The van der Waals surface area contributed by atoms with Gasteiger partial charge in [0.05, 0.1) is 25.9 Å². The lowest BCUT2D eigenvalue weighted by atomic mass is 10.1. The first-order valence-corrected chi connectivity index (χ1v) is 7.72. The minimum absolute atomic E-state index is 0.282. The molecule has 0 aromatic heterocycles. The van der Waals surface area contributed by atoms with Crippen LogP contribution >= 0.6 is 0 Å². The van der Waals surface area contributed by atoms with Crippen LogP contribution in [0.15, 0.2) is 18.2 Å². The molecule has 2 aliphatic heterocycles. The number of hydrogen-bond acceptors (Lipinski definition) is 5. The topological polar surface area (TPSA) is 43.0 Å². The van der Waals surface area contributed by atoms with Crippen molar-refractivity contribution in [3.8, 4) is 11.5 Å². The van der Waals surface area contributed by atoms with Gasteiger partial charge in [0.2, 0.25) is 0 Å². The van der Waals surface area contributed by atoms with Gasteiger partial charge in [-0.05, 0) is 24.7 Å². The monoisotopic (exact) mass is 292 g/mol. The quantitative estimate of drug-likeness (QED) is 0.905. The van der Waals surface area contributed by atoms with Crippen molar-refractivity contribution in [3.05, 3.63) is 23.8 Å². The van der Waals surface area contributed by atoms with Crippen LogP contribution in [0.5, 0.6) is 11.5 Å². The Labute approximate surface area is 126 Å². The van der Waals surface area contributed by atoms with E-state index in [0.717, 1.165) is 63.9 Å². The zero-order chi connectivity index (χ0) is 14.5. The minimum Gasteiger partial charge on any atom is -0.490 e. The van der Waals surface area contributed by atoms with E-state index in [0.29, 0.717) is 0 Å². The van der Waals surface area contributed by atoms with Crippen molar-refractivity contribution in [1.29, 1.82) is 0 Å². The van der Waals surface area contributed by atoms with E-state index in [4.69, 9.17) is 14.2 Å². The molecule has 1 unspecified atom stereocenters. The van der Waals surface area contributed by atoms with Crippen molar-refractivity contribution in [2.75, 3.05) is 46.5 Å². The molecule has 5 heteroatoms. The molecule has 0 bridgehead atoms. The summed E-state index contributed by atoms with van der Waals surface area (Å²) in [6.07, 6.45) is 1.23. The van der Waals surface area contributed by atoms with Crippen molar-refractivity contribution in [3.63, 3.8) is 0 Å². The SMILES string of the molecule is CNCC1CN(Cc2ccc3c(c2)OCCCO3)CCO1. The van der Waals surface area contributed by atoms with Gasteiger partial charge in [0.25, 0.3) is 0 Å². The molecule has 0 saturated carbocycles. The molecule has 0 spiro atoms. The first-order valence-electron chi connectivity index (χ1n) is 7.72. The van der Waals surface area contributed by atoms with E-state index in [2.05, 4.69) is 22.3 Å². The standard InChI is InChI=1S/C16H24N2O3/c1-17-10-14-12-18(5-8-19-14)11-13-3-4-15-16(9-13)21-7-2-6-20-15/h3-4,9,14,17H,2,5-8,10-12H2,1H3. The third-order valence-electron chi connectivity index (χ3n) is 3.87. The predicted octanol–water partition coefficient (Wildman–Crippen LogP) is 1.27. The number of rotatable bonds is 4. The van der Waals surface area contributed by atoms with Gasteiger partial charge in [-0.25, -0.2) is 0 Å². The van der Waals surface area contributed by atoms with Crippen molar-refractivity contribution >= 4 is 0 Å². The highest BCUT2D eigenvalue weighted by Gasteiger charge is 2.20. The summed E-state index contributed by atoms with van der Waals surface area (Å²) in [4.78, 5) is 2.44. The number of likely N-dealkylation sites (N-methyl/N-ethyl adjacent to an activating group) is 1. The molecule has 1 N–H and O–H groups in total. The van der Waals surface area contributed by atoms with Crippen LogP contribution in [0.2, 0.25) is 0 Å². The van der Waals surface area contributed by atoms with E-state index in [9.17, 15) is 0 Å². The van der Waals surface area contributed by atoms with Gasteiger partial charge in [-0.3, -0.25) is 4.90 Å². The Balaban J connectivity index is 1.63. The lowest BCUT2D eigenvalue weighted by molar-refractivity contribution is -0.0291.